The van der Waals surface area contributed by atoms with Crippen LogP contribution < -0.4 is 0 Å². The molecule has 2 atom stereocenters. The minimum absolute atomic E-state index is 0.647. The molecule has 1 aliphatic rings. The Labute approximate surface area is 97.5 Å². The molecule has 0 nitrogen and oxygen atoms in total. The highest BCUT2D eigenvalue weighted by atomic mass is 127. The highest BCUT2D eigenvalue weighted by Crippen LogP contribution is 2.49. The van der Waals surface area contributed by atoms with Gasteiger partial charge in [-0.2, -0.15) is 0 Å². The van der Waals surface area contributed by atoms with E-state index in [9.17, 15) is 0 Å². The van der Waals surface area contributed by atoms with Crippen molar-refractivity contribution >= 4 is 33.4 Å². The molecule has 0 bridgehead atoms. The molecule has 0 aliphatic heterocycles. The second-order valence-corrected chi connectivity index (χ2v) is 5.33. The Morgan fingerprint density at radius 2 is 1.64 bits per heavy atom. The Morgan fingerprint density at radius 1 is 1.00 bits per heavy atom. The molecule has 0 saturated carbocycles. The van der Waals surface area contributed by atoms with Crippen molar-refractivity contribution in [1.29, 1.82) is 0 Å². The highest BCUT2D eigenvalue weighted by molar-refractivity contribution is 14.1. The van der Waals surface area contributed by atoms with Gasteiger partial charge in [-0.15, -0.1) is 0 Å². The SMILES string of the molecule is CC1c2cccc3cccc(c23)C1I. The van der Waals surface area contributed by atoms with E-state index in [0.717, 1.165) is 0 Å². The smallest absolute Gasteiger partial charge is 0.0431 e. The molecular weight excluding hydrogens is 283 g/mol. The van der Waals surface area contributed by atoms with E-state index in [2.05, 4.69) is 65.9 Å². The van der Waals surface area contributed by atoms with Crippen LogP contribution in [0.2, 0.25) is 0 Å². The van der Waals surface area contributed by atoms with Crippen LogP contribution in [-0.2, 0) is 0 Å². The normalized spacial score (nSPS) is 24.4. The van der Waals surface area contributed by atoms with Crippen LogP contribution in [0.4, 0.5) is 0 Å². The fraction of sp³-hybridized carbons (Fsp3) is 0.231. The summed E-state index contributed by atoms with van der Waals surface area (Å²) < 4.78 is 0.647. The Hall–Kier alpha value is -0.570. The first kappa shape index (κ1) is 8.72. The van der Waals surface area contributed by atoms with Crippen LogP contribution in [0.25, 0.3) is 10.8 Å². The summed E-state index contributed by atoms with van der Waals surface area (Å²) in [7, 11) is 0. The first-order valence-corrected chi connectivity index (χ1v) is 6.19. The lowest BCUT2D eigenvalue weighted by Crippen LogP contribution is -1.91. The van der Waals surface area contributed by atoms with Gasteiger partial charge in [0.05, 0.1) is 0 Å². The Bertz CT molecular complexity index is 459. The van der Waals surface area contributed by atoms with E-state index in [-0.39, 0.29) is 0 Å². The monoisotopic (exact) mass is 294 g/mol. The third kappa shape index (κ3) is 0.991. The lowest BCUT2D eigenvalue weighted by molar-refractivity contribution is 0.803. The summed E-state index contributed by atoms with van der Waals surface area (Å²) in [5.41, 5.74) is 3.05. The van der Waals surface area contributed by atoms with Gasteiger partial charge < -0.3 is 0 Å². The van der Waals surface area contributed by atoms with Crippen molar-refractivity contribution in [1.82, 2.24) is 0 Å². The molecular formula is C13H11I. The van der Waals surface area contributed by atoms with E-state index < -0.39 is 0 Å². The van der Waals surface area contributed by atoms with Crippen molar-refractivity contribution in [3.8, 4) is 0 Å². The summed E-state index contributed by atoms with van der Waals surface area (Å²) in [6.45, 7) is 2.33. The molecule has 0 saturated heterocycles. The third-order valence-corrected chi connectivity index (χ3v) is 4.95. The Morgan fingerprint density at radius 3 is 2.36 bits per heavy atom. The van der Waals surface area contributed by atoms with Gasteiger partial charge in [-0.05, 0) is 27.8 Å². The van der Waals surface area contributed by atoms with Gasteiger partial charge in [0.15, 0.2) is 0 Å². The maximum Gasteiger partial charge on any atom is 0.0431 e. The summed E-state index contributed by atoms with van der Waals surface area (Å²) >= 11 is 2.56. The van der Waals surface area contributed by atoms with Gasteiger partial charge in [0.1, 0.15) is 0 Å². The maximum absolute atomic E-state index is 2.56. The summed E-state index contributed by atoms with van der Waals surface area (Å²) in [5, 5.41) is 2.90. The van der Waals surface area contributed by atoms with E-state index in [0.29, 0.717) is 9.84 Å². The minimum Gasteiger partial charge on any atom is -0.0767 e. The van der Waals surface area contributed by atoms with Gasteiger partial charge in [-0.3, -0.25) is 0 Å². The standard InChI is InChI=1S/C13H11I/c1-8-10-6-2-4-9-5-3-7-11(12(9)10)13(8)14/h2-8,13H,1H3. The largest absolute Gasteiger partial charge is 0.0767 e. The maximum atomic E-state index is 2.56. The molecule has 2 unspecified atom stereocenters. The molecule has 70 valence electrons. The fourth-order valence-electron chi connectivity index (χ4n) is 2.44. The van der Waals surface area contributed by atoms with E-state index in [1.54, 1.807) is 0 Å². The summed E-state index contributed by atoms with van der Waals surface area (Å²) in [5.74, 6) is 0.664. The molecule has 2 aromatic carbocycles. The first-order chi connectivity index (χ1) is 6.79. The van der Waals surface area contributed by atoms with Gasteiger partial charge in [0.25, 0.3) is 0 Å². The fourth-order valence-corrected chi connectivity index (χ4v) is 3.34. The predicted octanol–water partition coefficient (Wildman–Crippen LogP) is 4.43. The lowest BCUT2D eigenvalue weighted by Gasteiger charge is -2.08. The van der Waals surface area contributed by atoms with Gasteiger partial charge in [0, 0.05) is 3.92 Å². The minimum atomic E-state index is 0.647. The zero-order chi connectivity index (χ0) is 9.71. The molecule has 0 aromatic heterocycles. The van der Waals surface area contributed by atoms with Gasteiger partial charge in [0.2, 0.25) is 0 Å². The van der Waals surface area contributed by atoms with E-state index in [1.807, 2.05) is 0 Å². The van der Waals surface area contributed by atoms with Crippen molar-refractivity contribution in [3.63, 3.8) is 0 Å². The Kier molecular flexibility index (Phi) is 1.84. The van der Waals surface area contributed by atoms with E-state index in [4.69, 9.17) is 0 Å². The molecule has 0 radical (unpaired) electrons. The molecule has 0 fully saturated rings. The van der Waals surface area contributed by atoms with Crippen LogP contribution in [0.15, 0.2) is 36.4 Å². The second kappa shape index (κ2) is 2.96. The Balaban J connectivity index is 2.49. The van der Waals surface area contributed by atoms with Crippen LogP contribution in [0.5, 0.6) is 0 Å². The van der Waals surface area contributed by atoms with Crippen molar-refractivity contribution in [2.45, 2.75) is 16.8 Å². The summed E-state index contributed by atoms with van der Waals surface area (Å²) in [6.07, 6.45) is 0. The summed E-state index contributed by atoms with van der Waals surface area (Å²) in [6, 6.07) is 13.3. The zero-order valence-corrected chi connectivity index (χ0v) is 10.2. The lowest BCUT2D eigenvalue weighted by atomic mass is 10.0. The van der Waals surface area contributed by atoms with Crippen molar-refractivity contribution in [3.05, 3.63) is 47.5 Å². The third-order valence-electron chi connectivity index (χ3n) is 3.20. The molecule has 0 heterocycles. The van der Waals surface area contributed by atoms with Gasteiger partial charge in [-0.1, -0.05) is 65.9 Å². The predicted molar refractivity (Wildman–Crippen MR) is 69.1 cm³/mol. The van der Waals surface area contributed by atoms with Crippen LogP contribution >= 0.6 is 22.6 Å². The topological polar surface area (TPSA) is 0 Å². The van der Waals surface area contributed by atoms with Gasteiger partial charge in [-0.25, -0.2) is 0 Å². The molecule has 14 heavy (non-hydrogen) atoms. The van der Waals surface area contributed by atoms with E-state index >= 15 is 0 Å². The average Bonchev–Trinajstić information content (AvgIpc) is 2.47. The average molecular weight is 294 g/mol. The first-order valence-electron chi connectivity index (χ1n) is 4.94. The van der Waals surface area contributed by atoms with Crippen LogP contribution in [0.1, 0.15) is 27.9 Å². The molecule has 0 spiro atoms. The number of hydrogen-bond acceptors (Lipinski definition) is 0. The number of hydrogen-bond donors (Lipinski definition) is 0. The highest BCUT2D eigenvalue weighted by Gasteiger charge is 2.28. The molecule has 0 N–H and O–H groups in total. The van der Waals surface area contributed by atoms with E-state index in [1.165, 1.54) is 21.9 Å². The van der Waals surface area contributed by atoms with Crippen molar-refractivity contribution in [2.75, 3.05) is 0 Å². The van der Waals surface area contributed by atoms with Crippen LogP contribution in [0.3, 0.4) is 0 Å². The number of halogens is 1. The number of alkyl halides is 1. The number of rotatable bonds is 0. The van der Waals surface area contributed by atoms with Crippen molar-refractivity contribution in [2.24, 2.45) is 0 Å². The van der Waals surface area contributed by atoms with Crippen LogP contribution in [-0.4, -0.2) is 0 Å². The second-order valence-electron chi connectivity index (χ2n) is 3.98. The molecule has 1 aliphatic carbocycles. The molecule has 0 amide bonds. The van der Waals surface area contributed by atoms with Gasteiger partial charge >= 0.3 is 0 Å². The zero-order valence-electron chi connectivity index (χ0n) is 8.00. The van der Waals surface area contributed by atoms with Crippen LogP contribution in [0, 0.1) is 0 Å². The van der Waals surface area contributed by atoms with Crippen molar-refractivity contribution < 1.29 is 0 Å². The molecule has 3 rings (SSSR count). The summed E-state index contributed by atoms with van der Waals surface area (Å²) in [4.78, 5) is 0. The number of benzene rings is 2. The molecule has 2 aromatic rings. The quantitative estimate of drug-likeness (QED) is 0.498. The molecule has 1 heteroatoms.